The maximum absolute atomic E-state index is 13.1. The summed E-state index contributed by atoms with van der Waals surface area (Å²) in [5.74, 6) is 0.907. The fourth-order valence-electron chi connectivity index (χ4n) is 4.79. The molecule has 1 amide bonds. The first-order valence-electron chi connectivity index (χ1n) is 11.5. The summed E-state index contributed by atoms with van der Waals surface area (Å²) in [6.45, 7) is 6.99. The van der Waals surface area contributed by atoms with Crippen molar-refractivity contribution in [2.75, 3.05) is 45.2 Å². The van der Waals surface area contributed by atoms with Crippen LogP contribution in [0.25, 0.3) is 10.9 Å². The van der Waals surface area contributed by atoms with Gasteiger partial charge in [0.2, 0.25) is 0 Å². The molecule has 0 radical (unpaired) electrons. The lowest BCUT2D eigenvalue weighted by Gasteiger charge is -2.25. The molecule has 2 heterocycles. The molecule has 32 heavy (non-hydrogen) atoms. The van der Waals surface area contributed by atoms with Gasteiger partial charge in [0.05, 0.1) is 5.52 Å². The van der Waals surface area contributed by atoms with Crippen molar-refractivity contribution in [3.63, 3.8) is 0 Å². The van der Waals surface area contributed by atoms with Gasteiger partial charge >= 0.3 is 6.09 Å². The van der Waals surface area contributed by atoms with Crippen molar-refractivity contribution in [1.82, 2.24) is 14.8 Å². The highest BCUT2D eigenvalue weighted by Crippen LogP contribution is 2.41. The van der Waals surface area contributed by atoms with E-state index in [-0.39, 0.29) is 23.6 Å². The Morgan fingerprint density at radius 3 is 2.72 bits per heavy atom. The number of nitrogens with zero attached hydrogens (tertiary/aromatic N) is 3. The van der Waals surface area contributed by atoms with E-state index in [1.54, 1.807) is 6.07 Å². The van der Waals surface area contributed by atoms with Crippen LogP contribution in [0, 0.1) is 12.8 Å². The molecule has 8 nitrogen and oxygen atoms in total. The number of carboxylic acid groups (broad SMARTS) is 1. The van der Waals surface area contributed by atoms with Gasteiger partial charge in [-0.05, 0) is 70.8 Å². The molecule has 1 aromatic carbocycles. The Morgan fingerprint density at radius 1 is 1.31 bits per heavy atom. The van der Waals surface area contributed by atoms with E-state index in [1.807, 2.05) is 25.6 Å². The molecule has 174 valence electrons. The van der Waals surface area contributed by atoms with Crippen LogP contribution < -0.4 is 20.5 Å². The third-order valence-corrected chi connectivity index (χ3v) is 6.73. The van der Waals surface area contributed by atoms with Crippen LogP contribution in [-0.4, -0.2) is 67.0 Å². The van der Waals surface area contributed by atoms with Gasteiger partial charge in [0.1, 0.15) is 12.4 Å². The van der Waals surface area contributed by atoms with Crippen LogP contribution in [0.1, 0.15) is 37.8 Å². The zero-order chi connectivity index (χ0) is 23.0. The summed E-state index contributed by atoms with van der Waals surface area (Å²) < 4.78 is 7.99. The van der Waals surface area contributed by atoms with Crippen molar-refractivity contribution in [1.29, 1.82) is 0 Å². The Hall–Kier alpha value is -2.74. The second-order valence-corrected chi connectivity index (χ2v) is 9.44. The Balaban J connectivity index is 1.69. The summed E-state index contributed by atoms with van der Waals surface area (Å²) >= 11 is 0. The van der Waals surface area contributed by atoms with Gasteiger partial charge in [-0.2, -0.15) is 0 Å². The highest BCUT2D eigenvalue weighted by molar-refractivity contribution is 5.92. The number of fused-ring (bicyclic) bond motifs is 1. The molecule has 1 aliphatic heterocycles. The topological polar surface area (TPSA) is 87.0 Å². The number of hydrogen-bond acceptors (Lipinski definition) is 5. The van der Waals surface area contributed by atoms with Gasteiger partial charge in [-0.1, -0.05) is 0 Å². The minimum absolute atomic E-state index is 0.00122. The molecule has 1 saturated carbocycles. The molecule has 2 atom stereocenters. The number of benzene rings is 1. The summed E-state index contributed by atoms with van der Waals surface area (Å²) in [6, 6.07) is 6.00. The number of rotatable bonds is 8. The maximum atomic E-state index is 13.1. The zero-order valence-electron chi connectivity index (χ0n) is 19.4. The fourth-order valence-corrected chi connectivity index (χ4v) is 4.79. The quantitative estimate of drug-likeness (QED) is 0.653. The number of pyridine rings is 1. The monoisotopic (exact) mass is 442 g/mol. The number of aromatic nitrogens is 1. The van der Waals surface area contributed by atoms with Gasteiger partial charge in [-0.25, -0.2) is 4.79 Å². The summed E-state index contributed by atoms with van der Waals surface area (Å²) in [5, 5.41) is 12.6. The predicted octanol–water partition coefficient (Wildman–Crippen LogP) is 3.07. The number of amides is 1. The van der Waals surface area contributed by atoms with E-state index in [4.69, 9.17) is 9.84 Å². The molecular formula is C24H34N4O4. The molecule has 1 aromatic heterocycles. The first kappa shape index (κ1) is 22.5. The van der Waals surface area contributed by atoms with Crippen LogP contribution in [-0.2, 0) is 0 Å². The zero-order valence-corrected chi connectivity index (χ0v) is 19.4. The van der Waals surface area contributed by atoms with Crippen LogP contribution in [0.2, 0.25) is 0 Å². The number of likely N-dealkylation sites (N-methyl/N-ethyl adjacent to an activating group) is 1. The smallest absolute Gasteiger partial charge is 0.404 e. The van der Waals surface area contributed by atoms with Crippen molar-refractivity contribution in [2.45, 2.75) is 45.2 Å². The Bertz CT molecular complexity index is 1060. The molecule has 0 bridgehead atoms. The number of carbonyl (C=O) groups is 1. The van der Waals surface area contributed by atoms with Crippen LogP contribution in [0.4, 0.5) is 10.5 Å². The Labute approximate surface area is 188 Å². The highest BCUT2D eigenvalue weighted by Gasteiger charge is 2.31. The van der Waals surface area contributed by atoms with Gasteiger partial charge < -0.3 is 29.5 Å². The first-order chi connectivity index (χ1) is 15.3. The highest BCUT2D eigenvalue weighted by atomic mass is 16.5. The van der Waals surface area contributed by atoms with Crippen LogP contribution in [0.15, 0.2) is 23.0 Å². The first-order valence-corrected chi connectivity index (χ1v) is 11.5. The van der Waals surface area contributed by atoms with E-state index in [1.165, 1.54) is 0 Å². The minimum atomic E-state index is -0.979. The second-order valence-electron chi connectivity index (χ2n) is 9.44. The van der Waals surface area contributed by atoms with E-state index in [2.05, 4.69) is 34.2 Å². The summed E-state index contributed by atoms with van der Waals surface area (Å²) in [4.78, 5) is 28.5. The average Bonchev–Trinajstić information content (AvgIpc) is 3.43. The normalized spacial score (nSPS) is 19.5. The largest absolute Gasteiger partial charge is 0.491 e. The lowest BCUT2D eigenvalue weighted by molar-refractivity contribution is 0.186. The fraction of sp³-hybridized carbons (Fsp3) is 0.583. The van der Waals surface area contributed by atoms with Crippen molar-refractivity contribution in [3.8, 4) is 5.75 Å². The Kier molecular flexibility index (Phi) is 6.33. The summed E-state index contributed by atoms with van der Waals surface area (Å²) in [6.07, 6.45) is 2.02. The third kappa shape index (κ3) is 4.55. The molecular weight excluding hydrogens is 408 g/mol. The van der Waals surface area contributed by atoms with Crippen LogP contribution in [0.3, 0.4) is 0 Å². The Morgan fingerprint density at radius 2 is 2.06 bits per heavy atom. The lowest BCUT2D eigenvalue weighted by atomic mass is 10.0. The van der Waals surface area contributed by atoms with E-state index in [0.29, 0.717) is 12.4 Å². The molecule has 2 aromatic rings. The van der Waals surface area contributed by atoms with Gasteiger partial charge in [0.15, 0.2) is 0 Å². The molecule has 0 unspecified atom stereocenters. The minimum Gasteiger partial charge on any atom is -0.491 e. The van der Waals surface area contributed by atoms with Gasteiger partial charge in [0.25, 0.3) is 5.56 Å². The van der Waals surface area contributed by atoms with Crippen molar-refractivity contribution < 1.29 is 14.6 Å². The summed E-state index contributed by atoms with van der Waals surface area (Å²) in [5.41, 5.74) is 3.17. The van der Waals surface area contributed by atoms with Crippen LogP contribution >= 0.6 is 0 Å². The van der Waals surface area contributed by atoms with Crippen molar-refractivity contribution in [2.24, 2.45) is 5.92 Å². The second kappa shape index (κ2) is 9.02. The van der Waals surface area contributed by atoms with Gasteiger partial charge in [-0.15, -0.1) is 0 Å². The number of ether oxygens (including phenoxy) is 1. The standard InChI is InChI=1S/C24H34N4O4/c1-15-20(27-10-9-17(14-27)16(2)25-24(30)31)8-7-19-21(32-12-11-26(3)4)13-22(29)28(23(15)19)18-5-6-18/h7-8,13,16-18,25H,5-6,9-12,14H2,1-4H3,(H,30,31)/t16-,17+/m0/s1. The van der Waals surface area contributed by atoms with Crippen molar-refractivity contribution >= 4 is 22.7 Å². The molecule has 1 saturated heterocycles. The number of anilines is 1. The average molecular weight is 443 g/mol. The molecule has 4 rings (SSSR count). The number of nitrogens with one attached hydrogen (secondary N) is 1. The predicted molar refractivity (Wildman–Crippen MR) is 126 cm³/mol. The molecule has 8 heteroatoms. The maximum Gasteiger partial charge on any atom is 0.404 e. The molecule has 2 aliphatic rings. The number of aryl methyl sites for hydroxylation is 1. The van der Waals surface area contributed by atoms with E-state index in [9.17, 15) is 9.59 Å². The lowest BCUT2D eigenvalue weighted by Crippen LogP contribution is -2.38. The number of hydrogen-bond donors (Lipinski definition) is 2. The van der Waals surface area contributed by atoms with Gasteiger partial charge in [0, 0.05) is 48.9 Å². The molecule has 0 spiro atoms. The van der Waals surface area contributed by atoms with E-state index >= 15 is 0 Å². The van der Waals surface area contributed by atoms with Crippen molar-refractivity contribution in [3.05, 3.63) is 34.1 Å². The molecule has 2 fully saturated rings. The molecule has 1 aliphatic carbocycles. The van der Waals surface area contributed by atoms with Gasteiger partial charge in [-0.3, -0.25) is 4.79 Å². The molecule has 2 N–H and O–H groups in total. The van der Waals surface area contributed by atoms with E-state index in [0.717, 1.165) is 61.1 Å². The SMILES string of the molecule is Cc1c(N2CC[C@@H]([C@H](C)NC(=O)O)C2)ccc2c(OCCN(C)C)cc(=O)n(C3CC3)c12. The van der Waals surface area contributed by atoms with Crippen LogP contribution in [0.5, 0.6) is 5.75 Å². The third-order valence-electron chi connectivity index (χ3n) is 6.73. The van der Waals surface area contributed by atoms with E-state index < -0.39 is 6.09 Å². The summed E-state index contributed by atoms with van der Waals surface area (Å²) in [7, 11) is 4.00.